The minimum atomic E-state index is -0.462. The Balaban J connectivity index is 1.87. The molecule has 1 aliphatic carbocycles. The minimum Gasteiger partial charge on any atom is -0.454 e. The van der Waals surface area contributed by atoms with Gasteiger partial charge in [-0.2, -0.15) is 0 Å². The molecule has 1 unspecified atom stereocenters. The monoisotopic (exact) mass is 302 g/mol. The molecule has 0 amide bonds. The number of hydrogen-bond acceptors (Lipinski definition) is 5. The molecule has 0 aromatic carbocycles. The van der Waals surface area contributed by atoms with Gasteiger partial charge >= 0.3 is 5.97 Å². The van der Waals surface area contributed by atoms with E-state index in [2.05, 4.69) is 4.98 Å². The van der Waals surface area contributed by atoms with Crippen molar-refractivity contribution in [2.24, 2.45) is 0 Å². The number of ether oxygens (including phenoxy) is 1. The maximum atomic E-state index is 12.3. The van der Waals surface area contributed by atoms with Crippen LogP contribution in [0, 0.1) is 0 Å². The summed E-state index contributed by atoms with van der Waals surface area (Å²) in [5, 5.41) is 0. The van der Waals surface area contributed by atoms with Gasteiger partial charge in [0.25, 0.3) is 0 Å². The van der Waals surface area contributed by atoms with Gasteiger partial charge in [0.2, 0.25) is 11.6 Å². The number of ketones is 2. The van der Waals surface area contributed by atoms with Gasteiger partial charge in [-0.3, -0.25) is 14.4 Å². The summed E-state index contributed by atoms with van der Waals surface area (Å²) in [5.41, 5.74) is 0.940. The molecule has 0 radical (unpaired) electrons. The van der Waals surface area contributed by atoms with Crippen LogP contribution in [0.25, 0.3) is 0 Å². The largest absolute Gasteiger partial charge is 0.454 e. The van der Waals surface area contributed by atoms with Crippen molar-refractivity contribution in [2.45, 2.75) is 52.2 Å². The molecule has 0 bridgehead atoms. The first-order valence-electron chi connectivity index (χ1n) is 7.60. The van der Waals surface area contributed by atoms with Gasteiger partial charge in [0, 0.05) is 25.0 Å². The molecule has 22 heavy (non-hydrogen) atoms. The summed E-state index contributed by atoms with van der Waals surface area (Å²) in [6.45, 7) is 4.17. The van der Waals surface area contributed by atoms with Crippen LogP contribution >= 0.6 is 0 Å². The molecule has 6 heteroatoms. The number of fused-ring (bicyclic) bond motifs is 3. The Morgan fingerprint density at radius 3 is 2.95 bits per heavy atom. The third-order valence-corrected chi connectivity index (χ3v) is 4.06. The Kier molecular flexibility index (Phi) is 3.68. The molecule has 1 aromatic heterocycles. The lowest BCUT2D eigenvalue weighted by Crippen LogP contribution is -2.18. The lowest BCUT2D eigenvalue weighted by atomic mass is 9.99. The fraction of sp³-hybridized carbons (Fsp3) is 0.500. The van der Waals surface area contributed by atoms with Crippen LogP contribution < -0.4 is 0 Å². The fourth-order valence-electron chi connectivity index (χ4n) is 2.89. The highest BCUT2D eigenvalue weighted by atomic mass is 16.5. The average Bonchev–Trinajstić information content (AvgIpc) is 3.03. The molecule has 1 aliphatic heterocycles. The molecule has 1 aromatic rings. The van der Waals surface area contributed by atoms with Gasteiger partial charge in [0.15, 0.2) is 11.9 Å². The number of rotatable bonds is 4. The van der Waals surface area contributed by atoms with E-state index in [9.17, 15) is 14.4 Å². The zero-order valence-electron chi connectivity index (χ0n) is 12.7. The van der Waals surface area contributed by atoms with E-state index in [-0.39, 0.29) is 23.2 Å². The summed E-state index contributed by atoms with van der Waals surface area (Å²) in [6, 6.07) is 0. The number of Topliss-reactive ketones (excluding diaryl/α,β-unsaturated/α-hetero) is 1. The molecular formula is C16H18N2O4. The Labute approximate surface area is 128 Å². The van der Waals surface area contributed by atoms with E-state index in [1.54, 1.807) is 11.5 Å². The molecule has 2 aliphatic rings. The van der Waals surface area contributed by atoms with Crippen LogP contribution in [0.3, 0.4) is 0 Å². The summed E-state index contributed by atoms with van der Waals surface area (Å²) in [7, 11) is 0. The van der Waals surface area contributed by atoms with Crippen LogP contribution in [0.2, 0.25) is 0 Å². The lowest BCUT2D eigenvalue weighted by molar-refractivity contribution is -0.149. The van der Waals surface area contributed by atoms with Crippen molar-refractivity contribution < 1.29 is 19.1 Å². The van der Waals surface area contributed by atoms with Crippen LogP contribution in [-0.4, -0.2) is 27.1 Å². The second-order valence-electron chi connectivity index (χ2n) is 5.71. The van der Waals surface area contributed by atoms with Gasteiger partial charge in [0.05, 0.1) is 0 Å². The van der Waals surface area contributed by atoms with Crippen molar-refractivity contribution in [1.29, 1.82) is 0 Å². The van der Waals surface area contributed by atoms with Crippen molar-refractivity contribution >= 4 is 17.5 Å². The van der Waals surface area contributed by atoms with Gasteiger partial charge in [0.1, 0.15) is 11.4 Å². The van der Waals surface area contributed by atoms with Crippen LogP contribution in [0.4, 0.5) is 0 Å². The third-order valence-electron chi connectivity index (χ3n) is 4.06. The zero-order valence-corrected chi connectivity index (χ0v) is 12.7. The second kappa shape index (κ2) is 5.51. The topological polar surface area (TPSA) is 78.3 Å². The van der Waals surface area contributed by atoms with Gasteiger partial charge in [-0.1, -0.05) is 13.3 Å². The van der Waals surface area contributed by atoms with E-state index in [1.165, 1.54) is 6.08 Å². The summed E-state index contributed by atoms with van der Waals surface area (Å²) in [4.78, 5) is 40.3. The Hall–Kier alpha value is -2.24. The number of carbonyl (C=O) groups is 3. The maximum absolute atomic E-state index is 12.3. The predicted molar refractivity (Wildman–Crippen MR) is 77.6 cm³/mol. The van der Waals surface area contributed by atoms with Gasteiger partial charge < -0.3 is 9.30 Å². The summed E-state index contributed by atoms with van der Waals surface area (Å²) >= 11 is 0. The molecule has 1 atom stereocenters. The first kappa shape index (κ1) is 14.7. The number of hydrogen-bond donors (Lipinski definition) is 0. The second-order valence-corrected chi connectivity index (χ2v) is 5.71. The first-order chi connectivity index (χ1) is 10.5. The van der Waals surface area contributed by atoms with E-state index >= 15 is 0 Å². The highest BCUT2D eigenvalue weighted by molar-refractivity contribution is 6.23. The van der Waals surface area contributed by atoms with Crippen molar-refractivity contribution in [2.75, 3.05) is 0 Å². The first-order valence-corrected chi connectivity index (χ1v) is 7.60. The minimum absolute atomic E-state index is 0.175. The highest BCUT2D eigenvalue weighted by Crippen LogP contribution is 2.34. The number of nitrogens with zero attached hydrogens (tertiary/aromatic N) is 2. The van der Waals surface area contributed by atoms with E-state index in [1.807, 2.05) is 6.92 Å². The lowest BCUT2D eigenvalue weighted by Gasteiger charge is -2.10. The normalized spacial score (nSPS) is 19.7. The van der Waals surface area contributed by atoms with E-state index in [0.717, 1.165) is 12.8 Å². The third kappa shape index (κ3) is 2.28. The van der Waals surface area contributed by atoms with Gasteiger partial charge in [-0.15, -0.1) is 0 Å². The Morgan fingerprint density at radius 2 is 2.23 bits per heavy atom. The molecule has 3 rings (SSSR count). The van der Waals surface area contributed by atoms with Crippen LogP contribution in [0.5, 0.6) is 0 Å². The van der Waals surface area contributed by atoms with Crippen LogP contribution in [0.15, 0.2) is 11.6 Å². The summed E-state index contributed by atoms with van der Waals surface area (Å²) < 4.78 is 7.18. The van der Waals surface area contributed by atoms with Gasteiger partial charge in [-0.05, 0) is 19.4 Å². The van der Waals surface area contributed by atoms with Gasteiger partial charge in [-0.25, -0.2) is 4.98 Å². The number of imidazole rings is 1. The van der Waals surface area contributed by atoms with Crippen molar-refractivity contribution in [3.8, 4) is 0 Å². The standard InChI is InChI=1S/C16H18N2O4/c1-3-4-5-12(20)22-11-6-7-18-14-13(17-16(11)18)10(19)8-9(2)15(14)21/h8,11H,3-7H2,1-2H3. The number of allylic oxidation sites excluding steroid dienone is 2. The predicted octanol–water partition coefficient (Wildman–Crippen LogP) is 2.39. The molecule has 2 heterocycles. The fourth-order valence-corrected chi connectivity index (χ4v) is 2.89. The molecular weight excluding hydrogens is 284 g/mol. The molecule has 0 saturated carbocycles. The number of aromatic nitrogens is 2. The Morgan fingerprint density at radius 1 is 1.45 bits per heavy atom. The zero-order chi connectivity index (χ0) is 15.9. The van der Waals surface area contributed by atoms with E-state index < -0.39 is 6.10 Å². The molecule has 0 spiro atoms. The number of unbranched alkanes of at least 4 members (excludes halogenated alkanes) is 1. The molecule has 0 fully saturated rings. The molecule has 0 N–H and O–H groups in total. The summed E-state index contributed by atoms with van der Waals surface area (Å²) in [5.74, 6) is -0.177. The number of carbonyl (C=O) groups excluding carboxylic acids is 3. The maximum Gasteiger partial charge on any atom is 0.306 e. The van der Waals surface area contributed by atoms with Crippen molar-refractivity contribution in [3.05, 3.63) is 28.9 Å². The highest BCUT2D eigenvalue weighted by Gasteiger charge is 2.37. The van der Waals surface area contributed by atoms with Crippen LogP contribution in [-0.2, 0) is 16.1 Å². The van der Waals surface area contributed by atoms with E-state index in [0.29, 0.717) is 36.5 Å². The average molecular weight is 302 g/mol. The number of esters is 1. The molecule has 116 valence electrons. The van der Waals surface area contributed by atoms with E-state index in [4.69, 9.17) is 4.74 Å². The van der Waals surface area contributed by atoms with Crippen LogP contribution in [0.1, 0.15) is 72.4 Å². The quantitative estimate of drug-likeness (QED) is 0.798. The van der Waals surface area contributed by atoms with Crippen molar-refractivity contribution in [1.82, 2.24) is 9.55 Å². The van der Waals surface area contributed by atoms with Crippen molar-refractivity contribution in [3.63, 3.8) is 0 Å². The SMILES string of the molecule is CCCCC(=O)OC1CCn2c1nc1c2C(=O)C(C)=CC1=O. The summed E-state index contributed by atoms with van der Waals surface area (Å²) in [6.07, 6.45) is 3.54. The Bertz CT molecular complexity index is 699. The molecule has 0 saturated heterocycles. The smallest absolute Gasteiger partial charge is 0.306 e. The molecule has 6 nitrogen and oxygen atoms in total.